The summed E-state index contributed by atoms with van der Waals surface area (Å²) in [6.07, 6.45) is -1.94. The number of rotatable bonds is 27. The van der Waals surface area contributed by atoms with Crippen molar-refractivity contribution >= 4 is 35.6 Å². The minimum absolute atomic E-state index is 0.0205. The first-order valence-corrected chi connectivity index (χ1v) is 21.6. The van der Waals surface area contributed by atoms with E-state index in [0.29, 0.717) is 31.4 Å². The summed E-state index contributed by atoms with van der Waals surface area (Å²) in [5.41, 5.74) is 1.41. The van der Waals surface area contributed by atoms with Crippen LogP contribution in [0.4, 0.5) is 0 Å². The van der Waals surface area contributed by atoms with Crippen molar-refractivity contribution < 1.29 is 53.6 Å². The summed E-state index contributed by atoms with van der Waals surface area (Å²) in [7, 11) is 8.35. The third-order valence-electron chi connectivity index (χ3n) is 11.9. The number of carbonyl (C=O) groups excluding carboxylic acids is 4. The Hall–Kier alpha value is -4.42. The largest absolute Gasteiger partial charge is 0.481 e. The standard InChI is InChI=1S/C45H74N6O11/c1-13-28(6)39(50(10)44(58)37(26(2)3)48-43(57)38(27(4)5)49(8)9)34(61-11)25-35(52)51-23-17-20-33(51)40(62-12)29(7)41(55)47-32(24-30-18-15-14-16-19-30)42(56)46-31(45(59)60)21-22-36(53)54/h14-16,18-19,26-27,29,31-34,37-40,44,58H,6,13,17,20-25H2,1-5,7-12H3,(H,46,56)(H,47,55)(H,48,57)(H,53,54)(H,59,60)/t29-,31?,32+,33+,34?,37+,38+,39+,40-,44?/m1/s1. The maximum absolute atomic E-state index is 14.3. The average Bonchev–Trinajstić information content (AvgIpc) is 3.70. The highest BCUT2D eigenvalue weighted by Crippen LogP contribution is 2.30. The fourth-order valence-corrected chi connectivity index (χ4v) is 8.47. The van der Waals surface area contributed by atoms with Gasteiger partial charge in [0.15, 0.2) is 0 Å². The monoisotopic (exact) mass is 875 g/mol. The van der Waals surface area contributed by atoms with E-state index < -0.39 is 90.8 Å². The molecule has 1 heterocycles. The lowest BCUT2D eigenvalue weighted by Gasteiger charge is -2.42. The van der Waals surface area contributed by atoms with E-state index >= 15 is 0 Å². The fourth-order valence-electron chi connectivity index (χ4n) is 8.47. The minimum atomic E-state index is -1.49. The maximum Gasteiger partial charge on any atom is 0.326 e. The Kier molecular flexibility index (Phi) is 22.2. The van der Waals surface area contributed by atoms with Crippen molar-refractivity contribution in [1.29, 1.82) is 0 Å². The topological polar surface area (TPSA) is 227 Å². The van der Waals surface area contributed by atoms with Gasteiger partial charge in [-0.1, -0.05) is 84.0 Å². The van der Waals surface area contributed by atoms with E-state index in [0.717, 1.165) is 5.57 Å². The van der Waals surface area contributed by atoms with Crippen LogP contribution in [0.2, 0.25) is 0 Å². The summed E-state index contributed by atoms with van der Waals surface area (Å²) >= 11 is 0. The molecule has 10 atom stereocenters. The molecule has 0 bridgehead atoms. The van der Waals surface area contributed by atoms with Gasteiger partial charge in [-0.3, -0.25) is 33.8 Å². The van der Waals surface area contributed by atoms with Gasteiger partial charge >= 0.3 is 11.9 Å². The number of ether oxygens (including phenoxy) is 2. The molecule has 1 aromatic rings. The van der Waals surface area contributed by atoms with E-state index in [-0.39, 0.29) is 42.9 Å². The zero-order chi connectivity index (χ0) is 47.0. The first kappa shape index (κ1) is 53.7. The van der Waals surface area contributed by atoms with Crippen molar-refractivity contribution in [3.63, 3.8) is 0 Å². The van der Waals surface area contributed by atoms with Gasteiger partial charge in [-0.15, -0.1) is 0 Å². The minimum Gasteiger partial charge on any atom is -0.481 e. The molecule has 4 amide bonds. The number of aliphatic hydroxyl groups is 1. The molecule has 0 radical (unpaired) electrons. The molecule has 17 nitrogen and oxygen atoms in total. The lowest BCUT2D eigenvalue weighted by Crippen LogP contribution is -2.61. The molecule has 0 saturated carbocycles. The first-order valence-electron chi connectivity index (χ1n) is 21.6. The van der Waals surface area contributed by atoms with Crippen molar-refractivity contribution in [1.82, 2.24) is 30.7 Å². The maximum atomic E-state index is 14.3. The Balaban J connectivity index is 2.34. The molecule has 2 rings (SSSR count). The number of likely N-dealkylation sites (tertiary alicyclic amines) is 1. The van der Waals surface area contributed by atoms with Crippen molar-refractivity contribution in [3.8, 4) is 0 Å². The van der Waals surface area contributed by atoms with Crippen LogP contribution in [0.1, 0.15) is 85.6 Å². The first-order chi connectivity index (χ1) is 29.1. The van der Waals surface area contributed by atoms with E-state index in [1.54, 1.807) is 54.1 Å². The Bertz CT molecular complexity index is 1630. The molecule has 0 aliphatic carbocycles. The second kappa shape index (κ2) is 25.6. The highest BCUT2D eigenvalue weighted by atomic mass is 16.5. The van der Waals surface area contributed by atoms with Gasteiger partial charge in [-0.2, -0.15) is 0 Å². The number of amides is 4. The van der Waals surface area contributed by atoms with Crippen LogP contribution in [0, 0.1) is 17.8 Å². The van der Waals surface area contributed by atoms with E-state index in [1.807, 2.05) is 53.6 Å². The third-order valence-corrected chi connectivity index (χ3v) is 11.9. The molecule has 1 aliphatic heterocycles. The Labute approximate surface area is 367 Å². The molecule has 0 aromatic heterocycles. The Morgan fingerprint density at radius 3 is 1.97 bits per heavy atom. The summed E-state index contributed by atoms with van der Waals surface area (Å²) in [6.45, 7) is 16.0. The van der Waals surface area contributed by atoms with Crippen LogP contribution >= 0.6 is 0 Å². The highest BCUT2D eigenvalue weighted by Gasteiger charge is 2.43. The third kappa shape index (κ3) is 15.1. The number of carboxylic acids is 2. The molecular formula is C45H74N6O11. The van der Waals surface area contributed by atoms with Gasteiger partial charge in [-0.25, -0.2) is 4.79 Å². The molecule has 0 spiro atoms. The number of hydrogen-bond acceptors (Lipinski definition) is 11. The zero-order valence-corrected chi connectivity index (χ0v) is 38.6. The average molecular weight is 875 g/mol. The molecule has 1 aliphatic rings. The van der Waals surface area contributed by atoms with Gasteiger partial charge in [0, 0.05) is 33.6 Å². The lowest BCUT2D eigenvalue weighted by atomic mass is 9.92. The number of nitrogens with zero attached hydrogens (tertiary/aromatic N) is 3. The smallest absolute Gasteiger partial charge is 0.326 e. The number of hydrogen-bond donors (Lipinski definition) is 6. The van der Waals surface area contributed by atoms with Gasteiger partial charge in [-0.05, 0) is 64.2 Å². The van der Waals surface area contributed by atoms with Crippen molar-refractivity contribution in [2.75, 3.05) is 41.9 Å². The molecule has 350 valence electrons. The van der Waals surface area contributed by atoms with Crippen LogP contribution < -0.4 is 16.0 Å². The quantitative estimate of drug-likeness (QED) is 0.0553. The highest BCUT2D eigenvalue weighted by molar-refractivity contribution is 5.91. The molecule has 6 N–H and O–H groups in total. The number of carboxylic acid groups (broad SMARTS) is 2. The Morgan fingerprint density at radius 1 is 0.855 bits per heavy atom. The van der Waals surface area contributed by atoms with Crippen molar-refractivity contribution in [3.05, 3.63) is 48.0 Å². The molecule has 1 aromatic carbocycles. The van der Waals surface area contributed by atoms with Crippen LogP contribution in [0.25, 0.3) is 0 Å². The number of benzene rings is 1. The summed E-state index contributed by atoms with van der Waals surface area (Å²) in [4.78, 5) is 83.7. The van der Waals surface area contributed by atoms with Crippen LogP contribution in [0.15, 0.2) is 42.5 Å². The number of carbonyl (C=O) groups is 6. The lowest BCUT2D eigenvalue weighted by molar-refractivity contribution is -0.145. The summed E-state index contributed by atoms with van der Waals surface area (Å²) in [5, 5.41) is 38.9. The molecule has 62 heavy (non-hydrogen) atoms. The molecule has 1 saturated heterocycles. The van der Waals surface area contributed by atoms with Crippen molar-refractivity contribution in [2.45, 2.75) is 141 Å². The molecule has 17 heteroatoms. The van der Waals surface area contributed by atoms with Gasteiger partial charge in [0.1, 0.15) is 18.3 Å². The number of methoxy groups -OCH3 is 2. The van der Waals surface area contributed by atoms with E-state index in [2.05, 4.69) is 22.5 Å². The molecular weight excluding hydrogens is 801 g/mol. The zero-order valence-electron chi connectivity index (χ0n) is 38.6. The summed E-state index contributed by atoms with van der Waals surface area (Å²) in [6, 6.07) is 3.89. The normalized spacial score (nSPS) is 18.6. The van der Waals surface area contributed by atoms with Gasteiger partial charge in [0.25, 0.3) is 0 Å². The second-order valence-corrected chi connectivity index (χ2v) is 17.3. The van der Waals surface area contributed by atoms with Gasteiger partial charge in [0.2, 0.25) is 23.6 Å². The Morgan fingerprint density at radius 2 is 1.47 bits per heavy atom. The summed E-state index contributed by atoms with van der Waals surface area (Å²) in [5.74, 6) is -5.46. The summed E-state index contributed by atoms with van der Waals surface area (Å²) < 4.78 is 11.9. The SMILES string of the molecule is C=C(CC)[C@@H](C(CC(=O)N1CCC[C@H]1[C@H](OC)[C@@H](C)C(=O)N[C@@H](Cc1ccccc1)C(=O)NC(CCC(=O)O)C(=O)O)OC)N(C)C(O)[C@@H](NC(=O)[C@H](C(C)C)N(C)C)C(C)C. The number of aliphatic hydroxyl groups excluding tert-OH is 1. The fraction of sp³-hybridized carbons (Fsp3) is 0.689. The number of aliphatic carboxylic acids is 2. The molecule has 1 fully saturated rings. The second-order valence-electron chi connectivity index (χ2n) is 17.3. The number of nitrogens with one attached hydrogen (secondary N) is 3. The van der Waals surface area contributed by atoms with Crippen LogP contribution in [-0.4, -0.2) is 162 Å². The van der Waals surface area contributed by atoms with Gasteiger partial charge < -0.3 is 45.6 Å². The molecule has 3 unspecified atom stereocenters. The predicted octanol–water partition coefficient (Wildman–Crippen LogP) is 2.51. The predicted molar refractivity (Wildman–Crippen MR) is 235 cm³/mol. The van der Waals surface area contributed by atoms with Crippen LogP contribution in [0.5, 0.6) is 0 Å². The van der Waals surface area contributed by atoms with E-state index in [9.17, 15) is 39.0 Å². The van der Waals surface area contributed by atoms with E-state index in [4.69, 9.17) is 14.6 Å². The van der Waals surface area contributed by atoms with E-state index in [1.165, 1.54) is 14.2 Å². The van der Waals surface area contributed by atoms with Crippen molar-refractivity contribution in [2.24, 2.45) is 17.8 Å². The van der Waals surface area contributed by atoms with Gasteiger partial charge in [0.05, 0.1) is 48.7 Å². The van der Waals surface area contributed by atoms with Crippen LogP contribution in [0.3, 0.4) is 0 Å². The van der Waals surface area contributed by atoms with Crippen LogP contribution in [-0.2, 0) is 44.7 Å². The number of likely N-dealkylation sites (N-methyl/N-ethyl adjacent to an activating group) is 2.